The molecular weight excluding hydrogens is 228 g/mol. The van der Waals surface area contributed by atoms with Crippen LogP contribution in [0, 0.1) is 0 Å². The van der Waals surface area contributed by atoms with Crippen molar-refractivity contribution in [2.24, 2.45) is 0 Å². The zero-order chi connectivity index (χ0) is 13.4. The number of carboxylic acid groups (broad SMARTS) is 1. The zero-order valence-corrected chi connectivity index (χ0v) is 13.7. The fraction of sp³-hybridized carbons (Fsp3) is 0.786. The molecule has 1 N–H and O–H groups in total. The van der Waals surface area contributed by atoms with Crippen molar-refractivity contribution in [3.63, 3.8) is 0 Å². The lowest BCUT2D eigenvalue weighted by Crippen LogP contribution is -1.93. The van der Waals surface area contributed by atoms with Crippen LogP contribution in [0.1, 0.15) is 71.1 Å². The van der Waals surface area contributed by atoms with Crippen LogP contribution in [0.5, 0.6) is 0 Å². The van der Waals surface area contributed by atoms with Gasteiger partial charge in [0.2, 0.25) is 0 Å². The molecule has 0 atom stereocenters. The summed E-state index contributed by atoms with van der Waals surface area (Å²) in [5, 5.41) is 8.41. The van der Waals surface area contributed by atoms with Crippen molar-refractivity contribution in [2.45, 2.75) is 71.1 Å². The minimum Gasteiger partial charge on any atom is -0.481 e. The number of carbonyl (C=O) groups is 1. The average Bonchev–Trinajstić information content (AvgIpc) is 2.27. The first-order valence-electron chi connectivity index (χ1n) is 6.97. The number of aliphatic carboxylic acids is 1. The molecule has 0 bridgehead atoms. The first-order valence-corrected chi connectivity index (χ1v) is 8.13. The van der Waals surface area contributed by atoms with Crippen LogP contribution in [0.15, 0.2) is 12.3 Å². The van der Waals surface area contributed by atoms with Crippen molar-refractivity contribution >= 4 is 16.2 Å². The van der Waals surface area contributed by atoms with E-state index in [1.54, 1.807) is 0 Å². The van der Waals surface area contributed by atoms with Gasteiger partial charge in [-0.25, -0.2) is 0 Å². The lowest BCUT2D eigenvalue weighted by Gasteiger charge is -2.00. The standard InChI is InChI=1S/C12H24O2.C2H6Si/c1-2-3-4-5-6-7-8-9-10-11-12(13)14;1-2-3/h2-11H2,1H3,(H,13,14);2H,1H2,3H3. The van der Waals surface area contributed by atoms with Crippen molar-refractivity contribution < 1.29 is 9.90 Å². The van der Waals surface area contributed by atoms with E-state index in [0.717, 1.165) is 23.1 Å². The first-order chi connectivity index (χ1) is 8.18. The second-order valence-corrected chi connectivity index (χ2v) is 5.20. The number of carboxylic acids is 1. The molecule has 0 aromatic heterocycles. The molecule has 3 heteroatoms. The Labute approximate surface area is 110 Å². The van der Waals surface area contributed by atoms with Gasteiger partial charge in [0.1, 0.15) is 0 Å². The fourth-order valence-electron chi connectivity index (χ4n) is 1.59. The lowest BCUT2D eigenvalue weighted by molar-refractivity contribution is -0.137. The lowest BCUT2D eigenvalue weighted by atomic mass is 10.1. The maximum absolute atomic E-state index is 10.2. The Morgan fingerprint density at radius 2 is 1.41 bits per heavy atom. The van der Waals surface area contributed by atoms with Gasteiger partial charge in [0.25, 0.3) is 0 Å². The summed E-state index contributed by atoms with van der Waals surface area (Å²) < 4.78 is 0. The Balaban J connectivity index is 0. The predicted molar refractivity (Wildman–Crippen MR) is 79.6 cm³/mol. The smallest absolute Gasteiger partial charge is 0.303 e. The number of hydrogen-bond donors (Lipinski definition) is 1. The van der Waals surface area contributed by atoms with Gasteiger partial charge in [0.15, 0.2) is 0 Å². The molecule has 0 heterocycles. The van der Waals surface area contributed by atoms with Crippen LogP contribution in [-0.2, 0) is 4.79 Å². The van der Waals surface area contributed by atoms with Crippen LogP contribution in [0.3, 0.4) is 0 Å². The second kappa shape index (κ2) is 17.8. The summed E-state index contributed by atoms with van der Waals surface area (Å²) in [6.45, 7) is 5.65. The summed E-state index contributed by atoms with van der Waals surface area (Å²) in [7, 11) is 1.13. The van der Waals surface area contributed by atoms with Crippen LogP contribution >= 0.6 is 0 Å². The molecular formula is C14H30O2Si. The number of unbranched alkanes of at least 4 members (excludes halogenated alkanes) is 8. The van der Waals surface area contributed by atoms with Gasteiger partial charge in [-0.05, 0) is 6.42 Å². The topological polar surface area (TPSA) is 37.3 Å². The molecule has 17 heavy (non-hydrogen) atoms. The predicted octanol–water partition coefficient (Wildman–Crippen LogP) is 3.49. The van der Waals surface area contributed by atoms with E-state index in [1.165, 1.54) is 44.9 Å². The Kier molecular flexibility index (Phi) is 19.7. The molecule has 0 saturated heterocycles. The first kappa shape index (κ1) is 18.8. The number of hydrogen-bond acceptors (Lipinski definition) is 1. The summed E-state index contributed by atoms with van der Waals surface area (Å²) in [5.74, 6) is -0.659. The van der Waals surface area contributed by atoms with Crippen molar-refractivity contribution in [1.82, 2.24) is 0 Å². The third-order valence-electron chi connectivity index (χ3n) is 2.49. The molecule has 0 aliphatic heterocycles. The maximum atomic E-state index is 10.2. The van der Waals surface area contributed by atoms with Gasteiger partial charge in [-0.1, -0.05) is 58.3 Å². The van der Waals surface area contributed by atoms with E-state index in [4.69, 9.17) is 5.11 Å². The van der Waals surface area contributed by atoms with Gasteiger partial charge in [-0.15, -0.1) is 12.3 Å². The van der Waals surface area contributed by atoms with Crippen LogP contribution in [-0.4, -0.2) is 21.3 Å². The fourth-order valence-corrected chi connectivity index (χ4v) is 1.59. The van der Waals surface area contributed by atoms with Crippen LogP contribution in [0.25, 0.3) is 0 Å². The molecule has 102 valence electrons. The van der Waals surface area contributed by atoms with Crippen LogP contribution in [0.2, 0.25) is 0 Å². The van der Waals surface area contributed by atoms with E-state index in [2.05, 4.69) is 13.5 Å². The summed E-state index contributed by atoms with van der Waals surface area (Å²) >= 11 is 0. The van der Waals surface area contributed by atoms with E-state index >= 15 is 0 Å². The quantitative estimate of drug-likeness (QED) is 0.481. The van der Waals surface area contributed by atoms with Crippen LogP contribution < -0.4 is 0 Å². The number of rotatable bonds is 10. The van der Waals surface area contributed by atoms with Crippen LogP contribution in [0.4, 0.5) is 0 Å². The monoisotopic (exact) mass is 258 g/mol. The van der Waals surface area contributed by atoms with Gasteiger partial charge in [-0.3, -0.25) is 4.79 Å². The zero-order valence-electron chi connectivity index (χ0n) is 11.7. The molecule has 0 aliphatic carbocycles. The molecule has 0 aliphatic rings. The third-order valence-corrected chi connectivity index (χ3v) is 2.49. The minimum absolute atomic E-state index is 0.343. The molecule has 0 rings (SSSR count). The minimum atomic E-state index is -0.659. The summed E-state index contributed by atoms with van der Waals surface area (Å²) in [6.07, 6.45) is 11.5. The van der Waals surface area contributed by atoms with E-state index in [9.17, 15) is 4.79 Å². The largest absolute Gasteiger partial charge is 0.481 e. The third kappa shape index (κ3) is 25.6. The van der Waals surface area contributed by atoms with Gasteiger partial charge in [0, 0.05) is 16.7 Å². The molecule has 0 saturated carbocycles. The molecule has 0 amide bonds. The Morgan fingerprint density at radius 3 is 1.76 bits per heavy atom. The highest BCUT2D eigenvalue weighted by atomic mass is 28.1. The molecule has 0 radical (unpaired) electrons. The Bertz CT molecular complexity index is 170. The second-order valence-electron chi connectivity index (χ2n) is 4.38. The summed E-state index contributed by atoms with van der Waals surface area (Å²) in [4.78, 5) is 10.2. The van der Waals surface area contributed by atoms with Crippen molar-refractivity contribution in [3.05, 3.63) is 12.3 Å². The molecule has 2 nitrogen and oxygen atoms in total. The Morgan fingerprint density at radius 1 is 1.06 bits per heavy atom. The highest BCUT2D eigenvalue weighted by Gasteiger charge is 1.96. The highest BCUT2D eigenvalue weighted by molar-refractivity contribution is 6.16. The SMILES string of the molecule is C=C[SiH3].CCCCCCCCCCCC(=O)O. The molecule has 0 aromatic rings. The van der Waals surface area contributed by atoms with E-state index in [0.29, 0.717) is 6.42 Å². The van der Waals surface area contributed by atoms with Crippen molar-refractivity contribution in [3.8, 4) is 0 Å². The van der Waals surface area contributed by atoms with E-state index in [-0.39, 0.29) is 0 Å². The molecule has 0 spiro atoms. The highest BCUT2D eigenvalue weighted by Crippen LogP contribution is 2.10. The molecule has 0 aromatic carbocycles. The van der Waals surface area contributed by atoms with Crippen molar-refractivity contribution in [1.29, 1.82) is 0 Å². The Hall–Kier alpha value is -0.573. The molecule has 0 unspecified atom stereocenters. The van der Waals surface area contributed by atoms with Gasteiger partial charge in [-0.2, -0.15) is 0 Å². The summed E-state index contributed by atoms with van der Waals surface area (Å²) in [5.41, 5.74) is 1.89. The van der Waals surface area contributed by atoms with Crippen molar-refractivity contribution in [2.75, 3.05) is 0 Å². The van der Waals surface area contributed by atoms with Gasteiger partial charge in [0.05, 0.1) is 0 Å². The average molecular weight is 258 g/mol. The van der Waals surface area contributed by atoms with E-state index in [1.807, 2.05) is 5.70 Å². The molecule has 0 fully saturated rings. The summed E-state index contributed by atoms with van der Waals surface area (Å²) in [6, 6.07) is 0. The normalized spacial score (nSPS) is 9.47. The van der Waals surface area contributed by atoms with E-state index < -0.39 is 5.97 Å². The van der Waals surface area contributed by atoms with Gasteiger partial charge < -0.3 is 5.11 Å². The van der Waals surface area contributed by atoms with Gasteiger partial charge >= 0.3 is 5.97 Å². The maximum Gasteiger partial charge on any atom is 0.303 e.